The van der Waals surface area contributed by atoms with E-state index in [1.165, 1.54) is 55.6 Å². The molecule has 0 bridgehead atoms. The molecule has 15 aromatic rings. The van der Waals surface area contributed by atoms with Crippen molar-refractivity contribution in [2.45, 2.75) is 0 Å². The van der Waals surface area contributed by atoms with Crippen molar-refractivity contribution in [2.24, 2.45) is 0 Å². The van der Waals surface area contributed by atoms with Gasteiger partial charge in [-0.2, -0.15) is 0 Å². The van der Waals surface area contributed by atoms with Gasteiger partial charge in [-0.15, -0.1) is 0 Å². The minimum atomic E-state index is 1.05. The monoisotopic (exact) mass is 1200 g/mol. The zero-order chi connectivity index (χ0) is 62.8. The Morgan fingerprint density at radius 3 is 0.319 bits per heavy atom. The summed E-state index contributed by atoms with van der Waals surface area (Å²) in [5, 5.41) is 0. The Balaban J connectivity index is 0.733. The van der Waals surface area contributed by atoms with Crippen LogP contribution in [0.3, 0.4) is 0 Å². The van der Waals surface area contributed by atoms with Gasteiger partial charge in [0, 0.05) is 68.2 Å². The van der Waals surface area contributed by atoms with Gasteiger partial charge >= 0.3 is 0 Å². The molecule has 4 heteroatoms. The number of hydrogen-bond donors (Lipinski definition) is 0. The SMILES string of the molecule is c1ccc(-c2ccc(N(c3ccc(-c4ccccc4)cc3)c3ccc(N(c4ccccc4)c4ccc(-c5ccc(N(c6ccc(-c7ccccc7)cc6)c6ccc(N(c7ccc(-c8ccccc8)cc7)c7ccc(-c8ccccc8)cc7)cc6)cc5)cc4)cc3)cc2)cc1. The van der Waals surface area contributed by atoms with Crippen molar-refractivity contribution in [2.75, 3.05) is 19.6 Å². The Morgan fingerprint density at radius 1 is 0.0851 bits per heavy atom. The quantitative estimate of drug-likeness (QED) is 0.0849. The summed E-state index contributed by atoms with van der Waals surface area (Å²) in [6.45, 7) is 0. The average Bonchev–Trinajstić information content (AvgIpc) is 0.925. The lowest BCUT2D eigenvalue weighted by atomic mass is 10.0. The minimum absolute atomic E-state index is 1.05. The van der Waals surface area contributed by atoms with E-state index in [0.29, 0.717) is 0 Å². The summed E-state index contributed by atoms with van der Waals surface area (Å²) in [5.74, 6) is 0. The maximum absolute atomic E-state index is 2.35. The second-order valence-corrected chi connectivity index (χ2v) is 23.4. The summed E-state index contributed by atoms with van der Waals surface area (Å²) in [6, 6.07) is 144. The van der Waals surface area contributed by atoms with Crippen LogP contribution in [0.1, 0.15) is 0 Å². The molecule has 0 amide bonds. The van der Waals surface area contributed by atoms with Crippen LogP contribution in [0.2, 0.25) is 0 Å². The molecule has 0 unspecified atom stereocenters. The minimum Gasteiger partial charge on any atom is -0.311 e. The molecule has 446 valence electrons. The van der Waals surface area contributed by atoms with Crippen molar-refractivity contribution in [3.8, 4) is 66.8 Å². The third-order valence-corrected chi connectivity index (χ3v) is 17.5. The lowest BCUT2D eigenvalue weighted by Crippen LogP contribution is -2.12. The molecule has 0 aromatic heterocycles. The zero-order valence-electron chi connectivity index (χ0n) is 51.9. The Labute approximate surface area is 551 Å². The standard InChI is InChI=1S/C90H66N4/c1-7-19-67(20-8-1)72-31-45-81(46-32-72)92(82-47-33-73(34-48-82)68-21-9-2-10-22-68)88-61-59-87(60-62-88)91(79-29-17-6-18-30-79)80-55-41-77(42-56-80)78-43-57-86(58-44-78)94(85-53-39-76(40-54-85)71-27-15-5-16-28-71)90-65-63-89(64-66-90)93(83-49-35-74(36-50-83)69-23-11-3-12-24-69)84-51-37-75(38-52-84)70-25-13-4-14-26-70/h1-66H. The molecule has 15 rings (SSSR count). The fraction of sp³-hybridized carbons (Fsp3) is 0. The second-order valence-electron chi connectivity index (χ2n) is 23.4. The highest BCUT2D eigenvalue weighted by atomic mass is 15.2. The largest absolute Gasteiger partial charge is 0.311 e. The van der Waals surface area contributed by atoms with Crippen LogP contribution in [0.5, 0.6) is 0 Å². The van der Waals surface area contributed by atoms with E-state index < -0.39 is 0 Å². The summed E-state index contributed by atoms with van der Waals surface area (Å²) in [5.41, 5.74) is 26.9. The number of rotatable bonds is 18. The Kier molecular flexibility index (Phi) is 16.6. The lowest BCUT2D eigenvalue weighted by Gasteiger charge is -2.29. The highest BCUT2D eigenvalue weighted by Gasteiger charge is 2.20. The van der Waals surface area contributed by atoms with Crippen molar-refractivity contribution in [3.05, 3.63) is 400 Å². The van der Waals surface area contributed by atoms with E-state index in [4.69, 9.17) is 0 Å². The molecule has 15 aromatic carbocycles. The molecule has 0 radical (unpaired) electrons. The molecule has 4 nitrogen and oxygen atoms in total. The van der Waals surface area contributed by atoms with Crippen LogP contribution in [0.25, 0.3) is 66.8 Å². The summed E-state index contributed by atoms with van der Waals surface area (Å²) in [6.07, 6.45) is 0. The van der Waals surface area contributed by atoms with Crippen molar-refractivity contribution < 1.29 is 0 Å². The first-order valence-corrected chi connectivity index (χ1v) is 32.0. The summed E-state index contributed by atoms with van der Waals surface area (Å²) >= 11 is 0. The van der Waals surface area contributed by atoms with Gasteiger partial charge in [-0.3, -0.25) is 0 Å². The molecular weight excluding hydrogens is 1140 g/mol. The van der Waals surface area contributed by atoms with Crippen LogP contribution in [-0.4, -0.2) is 0 Å². The van der Waals surface area contributed by atoms with Crippen LogP contribution in [0.15, 0.2) is 400 Å². The van der Waals surface area contributed by atoms with Gasteiger partial charge in [0.15, 0.2) is 0 Å². The number of nitrogens with zero attached hydrogens (tertiary/aromatic N) is 4. The third-order valence-electron chi connectivity index (χ3n) is 17.5. The first kappa shape index (κ1) is 57.9. The molecule has 0 atom stereocenters. The van der Waals surface area contributed by atoms with Gasteiger partial charge in [0.2, 0.25) is 0 Å². The number of hydrogen-bond acceptors (Lipinski definition) is 4. The van der Waals surface area contributed by atoms with Crippen molar-refractivity contribution in [1.29, 1.82) is 0 Å². The van der Waals surface area contributed by atoms with E-state index in [1.54, 1.807) is 0 Å². The number of para-hydroxylation sites is 1. The zero-order valence-corrected chi connectivity index (χ0v) is 51.9. The molecule has 94 heavy (non-hydrogen) atoms. The molecule has 0 aliphatic rings. The van der Waals surface area contributed by atoms with Crippen molar-refractivity contribution in [3.63, 3.8) is 0 Å². The smallest absolute Gasteiger partial charge is 0.0463 e. The predicted octanol–water partition coefficient (Wildman–Crippen LogP) is 25.6. The Morgan fingerprint density at radius 2 is 0.181 bits per heavy atom. The van der Waals surface area contributed by atoms with Crippen molar-refractivity contribution >= 4 is 68.2 Å². The Hall–Kier alpha value is -12.5. The fourth-order valence-corrected chi connectivity index (χ4v) is 12.6. The first-order valence-electron chi connectivity index (χ1n) is 32.0. The fourth-order valence-electron chi connectivity index (χ4n) is 12.6. The summed E-state index contributed by atoms with van der Waals surface area (Å²) in [7, 11) is 0. The third kappa shape index (κ3) is 12.6. The van der Waals surface area contributed by atoms with E-state index in [-0.39, 0.29) is 0 Å². The molecule has 0 aliphatic carbocycles. The van der Waals surface area contributed by atoms with Gasteiger partial charge in [-0.1, -0.05) is 255 Å². The molecule has 0 saturated carbocycles. The number of anilines is 12. The lowest BCUT2D eigenvalue weighted by molar-refractivity contribution is 1.25. The van der Waals surface area contributed by atoms with Gasteiger partial charge < -0.3 is 19.6 Å². The van der Waals surface area contributed by atoms with Crippen LogP contribution < -0.4 is 19.6 Å². The van der Waals surface area contributed by atoms with Crippen molar-refractivity contribution in [1.82, 2.24) is 0 Å². The maximum Gasteiger partial charge on any atom is 0.0463 e. The van der Waals surface area contributed by atoms with E-state index in [0.717, 1.165) is 79.4 Å². The van der Waals surface area contributed by atoms with Gasteiger partial charge in [-0.05, 0) is 212 Å². The van der Waals surface area contributed by atoms with Gasteiger partial charge in [0.1, 0.15) is 0 Å². The Bertz CT molecular complexity index is 4720. The van der Waals surface area contributed by atoms with Crippen LogP contribution >= 0.6 is 0 Å². The molecule has 0 saturated heterocycles. The highest BCUT2D eigenvalue weighted by Crippen LogP contribution is 2.44. The summed E-state index contributed by atoms with van der Waals surface area (Å²) in [4.78, 5) is 9.37. The highest BCUT2D eigenvalue weighted by molar-refractivity contribution is 5.87. The van der Waals surface area contributed by atoms with Crippen LogP contribution in [-0.2, 0) is 0 Å². The van der Waals surface area contributed by atoms with E-state index in [9.17, 15) is 0 Å². The van der Waals surface area contributed by atoms with E-state index in [1.807, 2.05) is 0 Å². The molecule has 0 spiro atoms. The molecule has 0 fully saturated rings. The average molecular weight is 1200 g/mol. The predicted molar refractivity (Wildman–Crippen MR) is 398 cm³/mol. The molecule has 0 aliphatic heterocycles. The summed E-state index contributed by atoms with van der Waals surface area (Å²) < 4.78 is 0. The normalized spacial score (nSPS) is 11.0. The van der Waals surface area contributed by atoms with Crippen LogP contribution in [0.4, 0.5) is 68.2 Å². The second kappa shape index (κ2) is 26.9. The van der Waals surface area contributed by atoms with E-state index in [2.05, 4.69) is 420 Å². The number of benzene rings is 15. The van der Waals surface area contributed by atoms with Crippen LogP contribution in [0, 0.1) is 0 Å². The maximum atomic E-state index is 2.35. The van der Waals surface area contributed by atoms with Gasteiger partial charge in [-0.25, -0.2) is 0 Å². The molecular formula is C90H66N4. The first-order chi connectivity index (χ1) is 46.6. The van der Waals surface area contributed by atoms with E-state index >= 15 is 0 Å². The van der Waals surface area contributed by atoms with Gasteiger partial charge in [0.05, 0.1) is 0 Å². The molecule has 0 N–H and O–H groups in total. The molecule has 0 heterocycles. The van der Waals surface area contributed by atoms with Gasteiger partial charge in [0.25, 0.3) is 0 Å². The topological polar surface area (TPSA) is 13.0 Å².